The Morgan fingerprint density at radius 1 is 1.20 bits per heavy atom. The quantitative estimate of drug-likeness (QED) is 0.671. The number of hydrogen-bond donors (Lipinski definition) is 3. The molecule has 0 unspecified atom stereocenters. The van der Waals surface area contributed by atoms with Crippen molar-refractivity contribution in [2.45, 2.75) is 25.9 Å². The molecule has 0 atom stereocenters. The van der Waals surface area contributed by atoms with Crippen LogP contribution in [0.15, 0.2) is 40.1 Å². The molecule has 1 aromatic carbocycles. The smallest absolute Gasteiger partial charge is 0.335 e. The summed E-state index contributed by atoms with van der Waals surface area (Å²) in [5.41, 5.74) is -0.899. The maximum Gasteiger partial charge on any atom is 0.335 e. The molecule has 8 nitrogen and oxygen atoms in total. The maximum atomic E-state index is 13.1. The van der Waals surface area contributed by atoms with Gasteiger partial charge in [0, 0.05) is 19.5 Å². The molecular formula is C16H16FN3O5. The van der Waals surface area contributed by atoms with Crippen molar-refractivity contribution in [2.24, 2.45) is 0 Å². The number of amides is 1. The summed E-state index contributed by atoms with van der Waals surface area (Å²) >= 11 is 0. The SMILES string of the molecule is O=C(CCCn1cc(F)c(=O)[nH]c1=O)NCc1ccc(C(=O)O)cc1. The fourth-order valence-corrected chi connectivity index (χ4v) is 2.11. The van der Waals surface area contributed by atoms with Crippen molar-refractivity contribution in [3.05, 3.63) is 68.2 Å². The van der Waals surface area contributed by atoms with Gasteiger partial charge >= 0.3 is 11.7 Å². The number of aryl methyl sites for hydroxylation is 1. The zero-order valence-electron chi connectivity index (χ0n) is 13.1. The fraction of sp³-hybridized carbons (Fsp3) is 0.250. The Bertz CT molecular complexity index is 886. The third-order valence-electron chi connectivity index (χ3n) is 3.46. The fourth-order valence-electron chi connectivity index (χ4n) is 2.11. The number of halogens is 1. The van der Waals surface area contributed by atoms with Gasteiger partial charge in [0.1, 0.15) is 0 Å². The number of H-pyrrole nitrogens is 1. The molecule has 0 aliphatic rings. The van der Waals surface area contributed by atoms with Gasteiger partial charge in [-0.25, -0.2) is 9.59 Å². The molecule has 0 bridgehead atoms. The lowest BCUT2D eigenvalue weighted by molar-refractivity contribution is -0.121. The topological polar surface area (TPSA) is 121 Å². The van der Waals surface area contributed by atoms with E-state index in [0.717, 1.165) is 16.3 Å². The van der Waals surface area contributed by atoms with Crippen LogP contribution in [-0.4, -0.2) is 26.5 Å². The molecule has 25 heavy (non-hydrogen) atoms. The standard InChI is InChI=1S/C16H16FN3O5/c17-12-9-20(16(25)19-14(12)22)7-1-2-13(21)18-8-10-3-5-11(6-4-10)15(23)24/h3-6,9H,1-2,7-8H2,(H,18,21)(H,23,24)(H,19,22,25). The molecule has 0 aliphatic carbocycles. The van der Waals surface area contributed by atoms with Gasteiger partial charge in [-0.3, -0.25) is 19.1 Å². The van der Waals surface area contributed by atoms with Gasteiger partial charge in [0.25, 0.3) is 5.56 Å². The average Bonchev–Trinajstić information content (AvgIpc) is 2.58. The summed E-state index contributed by atoms with van der Waals surface area (Å²) in [6.07, 6.45) is 1.21. The highest BCUT2D eigenvalue weighted by atomic mass is 19.1. The Kier molecular flexibility index (Phi) is 5.83. The van der Waals surface area contributed by atoms with E-state index in [1.54, 1.807) is 12.1 Å². The second kappa shape index (κ2) is 8.04. The van der Waals surface area contributed by atoms with Gasteiger partial charge in [-0.05, 0) is 24.1 Å². The third kappa shape index (κ3) is 5.13. The first-order chi connectivity index (χ1) is 11.9. The van der Waals surface area contributed by atoms with E-state index in [2.05, 4.69) is 5.32 Å². The van der Waals surface area contributed by atoms with Crippen molar-refractivity contribution in [2.75, 3.05) is 0 Å². The van der Waals surface area contributed by atoms with Crippen molar-refractivity contribution >= 4 is 11.9 Å². The Morgan fingerprint density at radius 2 is 1.88 bits per heavy atom. The zero-order valence-corrected chi connectivity index (χ0v) is 13.1. The average molecular weight is 349 g/mol. The molecular weight excluding hydrogens is 333 g/mol. The van der Waals surface area contributed by atoms with Crippen LogP contribution >= 0.6 is 0 Å². The number of aromatic carboxylic acids is 1. The Hall–Kier alpha value is -3.23. The van der Waals surface area contributed by atoms with E-state index >= 15 is 0 Å². The monoisotopic (exact) mass is 349 g/mol. The number of aromatic nitrogens is 2. The number of carboxylic acid groups (broad SMARTS) is 1. The molecule has 1 aromatic heterocycles. The highest BCUT2D eigenvalue weighted by molar-refractivity contribution is 5.87. The summed E-state index contributed by atoms with van der Waals surface area (Å²) in [7, 11) is 0. The Balaban J connectivity index is 1.79. The second-order valence-electron chi connectivity index (χ2n) is 5.31. The van der Waals surface area contributed by atoms with E-state index in [0.29, 0.717) is 0 Å². The van der Waals surface area contributed by atoms with Gasteiger partial charge in [-0.2, -0.15) is 4.39 Å². The molecule has 0 saturated carbocycles. The number of carboxylic acids is 1. The predicted molar refractivity (Wildman–Crippen MR) is 85.8 cm³/mol. The number of nitrogens with one attached hydrogen (secondary N) is 2. The highest BCUT2D eigenvalue weighted by Gasteiger charge is 2.06. The number of carbonyl (C=O) groups excluding carboxylic acids is 1. The third-order valence-corrected chi connectivity index (χ3v) is 3.46. The summed E-state index contributed by atoms with van der Waals surface area (Å²) in [6, 6.07) is 6.10. The number of hydrogen-bond acceptors (Lipinski definition) is 4. The van der Waals surface area contributed by atoms with Crippen LogP contribution in [0.2, 0.25) is 0 Å². The van der Waals surface area contributed by atoms with Gasteiger partial charge in [-0.1, -0.05) is 12.1 Å². The highest BCUT2D eigenvalue weighted by Crippen LogP contribution is 2.04. The summed E-state index contributed by atoms with van der Waals surface area (Å²) in [5.74, 6) is -2.35. The van der Waals surface area contributed by atoms with Gasteiger partial charge < -0.3 is 10.4 Å². The summed E-state index contributed by atoms with van der Waals surface area (Å²) in [5, 5.41) is 11.5. The Labute approximate surface area is 140 Å². The van der Waals surface area contributed by atoms with Gasteiger partial charge in [-0.15, -0.1) is 0 Å². The molecule has 0 spiro atoms. The minimum Gasteiger partial charge on any atom is -0.478 e. The van der Waals surface area contributed by atoms with E-state index in [1.807, 2.05) is 4.98 Å². The molecule has 132 valence electrons. The van der Waals surface area contributed by atoms with Crippen LogP contribution < -0.4 is 16.6 Å². The van der Waals surface area contributed by atoms with Crippen molar-refractivity contribution in [1.29, 1.82) is 0 Å². The van der Waals surface area contributed by atoms with Gasteiger partial charge in [0.2, 0.25) is 11.7 Å². The van der Waals surface area contributed by atoms with Crippen LogP contribution in [0.4, 0.5) is 4.39 Å². The number of nitrogens with zero attached hydrogens (tertiary/aromatic N) is 1. The lowest BCUT2D eigenvalue weighted by atomic mass is 10.1. The molecule has 0 fully saturated rings. The van der Waals surface area contributed by atoms with E-state index in [1.165, 1.54) is 12.1 Å². The first kappa shape index (κ1) is 18.1. The normalized spacial score (nSPS) is 10.4. The number of benzene rings is 1. The summed E-state index contributed by atoms with van der Waals surface area (Å²) in [4.78, 5) is 46.7. The molecule has 0 aliphatic heterocycles. The second-order valence-corrected chi connectivity index (χ2v) is 5.31. The first-order valence-corrected chi connectivity index (χ1v) is 7.45. The largest absolute Gasteiger partial charge is 0.478 e. The van der Waals surface area contributed by atoms with Gasteiger partial charge in [0.15, 0.2) is 0 Å². The lowest BCUT2D eigenvalue weighted by Gasteiger charge is -2.07. The minimum atomic E-state index is -1.08. The summed E-state index contributed by atoms with van der Waals surface area (Å²) in [6.45, 7) is 0.333. The first-order valence-electron chi connectivity index (χ1n) is 7.45. The zero-order chi connectivity index (χ0) is 18.4. The van der Waals surface area contributed by atoms with Crippen LogP contribution in [0.1, 0.15) is 28.8 Å². The van der Waals surface area contributed by atoms with Crippen LogP contribution in [0, 0.1) is 5.82 Å². The number of carbonyl (C=O) groups is 2. The van der Waals surface area contributed by atoms with E-state index in [4.69, 9.17) is 5.11 Å². The van der Waals surface area contributed by atoms with Crippen molar-refractivity contribution < 1.29 is 19.1 Å². The lowest BCUT2D eigenvalue weighted by Crippen LogP contribution is -2.31. The van der Waals surface area contributed by atoms with Crippen molar-refractivity contribution in [3.8, 4) is 0 Å². The number of aromatic amines is 1. The molecule has 2 aromatic rings. The molecule has 1 amide bonds. The predicted octanol–water partition coefficient (Wildman–Crippen LogP) is 0.470. The number of rotatable bonds is 7. The molecule has 0 radical (unpaired) electrons. The van der Waals surface area contributed by atoms with Crippen LogP contribution in [0.5, 0.6) is 0 Å². The van der Waals surface area contributed by atoms with Gasteiger partial charge in [0.05, 0.1) is 11.8 Å². The molecule has 3 N–H and O–H groups in total. The van der Waals surface area contributed by atoms with Crippen molar-refractivity contribution in [3.63, 3.8) is 0 Å². The van der Waals surface area contributed by atoms with Crippen molar-refractivity contribution in [1.82, 2.24) is 14.9 Å². The molecule has 2 rings (SSSR count). The van der Waals surface area contributed by atoms with E-state index in [9.17, 15) is 23.6 Å². The van der Waals surface area contributed by atoms with E-state index < -0.39 is 23.0 Å². The molecule has 9 heteroatoms. The summed E-state index contributed by atoms with van der Waals surface area (Å²) < 4.78 is 14.1. The van der Waals surface area contributed by atoms with Crippen LogP contribution in [-0.2, 0) is 17.9 Å². The van der Waals surface area contributed by atoms with E-state index in [-0.39, 0.29) is 37.4 Å². The minimum absolute atomic E-state index is 0.0905. The Morgan fingerprint density at radius 3 is 2.52 bits per heavy atom. The molecule has 1 heterocycles. The molecule has 0 saturated heterocycles. The van der Waals surface area contributed by atoms with Crippen LogP contribution in [0.3, 0.4) is 0 Å². The maximum absolute atomic E-state index is 13.1. The van der Waals surface area contributed by atoms with Crippen LogP contribution in [0.25, 0.3) is 0 Å².